The van der Waals surface area contributed by atoms with E-state index in [2.05, 4.69) is 10.6 Å². The summed E-state index contributed by atoms with van der Waals surface area (Å²) in [7, 11) is 0. The summed E-state index contributed by atoms with van der Waals surface area (Å²) >= 11 is 0. The Labute approximate surface area is 216 Å². The van der Waals surface area contributed by atoms with Gasteiger partial charge in [-0.15, -0.1) is 0 Å². The molecule has 0 aromatic heterocycles. The second-order valence-electron chi connectivity index (χ2n) is 10.9. The van der Waals surface area contributed by atoms with Crippen LogP contribution in [0.5, 0.6) is 0 Å². The Morgan fingerprint density at radius 1 is 1.11 bits per heavy atom. The SMILES string of the molecule is CCC(C)C(NC(=O)OC(C)(C)C)C(=O)N(CCO)C(C(=O)NC1CCCCC1)c1ccc(C)cc1. The maximum atomic E-state index is 14.0. The highest BCUT2D eigenvalue weighted by atomic mass is 16.6. The zero-order valence-electron chi connectivity index (χ0n) is 22.8. The first kappa shape index (κ1) is 29.6. The average molecular weight is 504 g/mol. The minimum Gasteiger partial charge on any atom is -0.444 e. The van der Waals surface area contributed by atoms with Crippen LogP contribution in [0, 0.1) is 12.8 Å². The zero-order chi connectivity index (χ0) is 26.9. The molecule has 2 rings (SSSR count). The molecule has 0 radical (unpaired) electrons. The predicted molar refractivity (Wildman–Crippen MR) is 140 cm³/mol. The van der Waals surface area contributed by atoms with E-state index in [1.54, 1.807) is 20.8 Å². The predicted octanol–water partition coefficient (Wildman–Crippen LogP) is 4.25. The van der Waals surface area contributed by atoms with Crippen LogP contribution in [0.1, 0.15) is 90.3 Å². The monoisotopic (exact) mass is 503 g/mol. The topological polar surface area (TPSA) is 108 Å². The summed E-state index contributed by atoms with van der Waals surface area (Å²) in [5.41, 5.74) is 0.979. The van der Waals surface area contributed by atoms with Gasteiger partial charge in [-0.2, -0.15) is 0 Å². The molecule has 0 heterocycles. The maximum absolute atomic E-state index is 14.0. The lowest BCUT2D eigenvalue weighted by Gasteiger charge is -2.36. The third-order valence-electron chi connectivity index (χ3n) is 6.68. The van der Waals surface area contributed by atoms with Crippen molar-refractivity contribution >= 4 is 17.9 Å². The summed E-state index contributed by atoms with van der Waals surface area (Å²) in [6, 6.07) is 5.72. The quantitative estimate of drug-likeness (QED) is 0.443. The molecule has 1 aliphatic carbocycles. The number of amides is 3. The molecule has 3 N–H and O–H groups in total. The van der Waals surface area contributed by atoms with E-state index in [9.17, 15) is 19.5 Å². The van der Waals surface area contributed by atoms with Gasteiger partial charge in [-0.05, 0) is 52.0 Å². The van der Waals surface area contributed by atoms with Crippen molar-refractivity contribution in [1.82, 2.24) is 15.5 Å². The number of aliphatic hydroxyl groups is 1. The van der Waals surface area contributed by atoms with E-state index < -0.39 is 29.7 Å². The first-order valence-electron chi connectivity index (χ1n) is 13.2. The van der Waals surface area contributed by atoms with Crippen LogP contribution in [0.15, 0.2) is 24.3 Å². The molecule has 0 aliphatic heterocycles. The molecule has 0 spiro atoms. The summed E-state index contributed by atoms with van der Waals surface area (Å²) in [6.45, 7) is 10.7. The van der Waals surface area contributed by atoms with E-state index in [1.807, 2.05) is 45.0 Å². The molecule has 1 saturated carbocycles. The molecule has 8 heteroatoms. The third-order valence-corrected chi connectivity index (χ3v) is 6.68. The fraction of sp³-hybridized carbons (Fsp3) is 0.679. The number of carbonyl (C=O) groups excluding carboxylic acids is 3. The van der Waals surface area contributed by atoms with E-state index in [1.165, 1.54) is 4.90 Å². The average Bonchev–Trinajstić information content (AvgIpc) is 2.82. The van der Waals surface area contributed by atoms with Gasteiger partial charge in [0, 0.05) is 12.6 Å². The van der Waals surface area contributed by atoms with Gasteiger partial charge in [-0.3, -0.25) is 9.59 Å². The smallest absolute Gasteiger partial charge is 0.408 e. The van der Waals surface area contributed by atoms with Crippen molar-refractivity contribution in [2.45, 2.75) is 104 Å². The number of nitrogens with one attached hydrogen (secondary N) is 2. The van der Waals surface area contributed by atoms with E-state index >= 15 is 0 Å². The Hall–Kier alpha value is -2.61. The van der Waals surface area contributed by atoms with E-state index in [0.717, 1.165) is 37.7 Å². The number of carbonyl (C=O) groups is 3. The van der Waals surface area contributed by atoms with Gasteiger partial charge < -0.3 is 25.4 Å². The van der Waals surface area contributed by atoms with Crippen molar-refractivity contribution < 1.29 is 24.2 Å². The lowest BCUT2D eigenvalue weighted by atomic mass is 9.93. The van der Waals surface area contributed by atoms with Crippen molar-refractivity contribution in [2.75, 3.05) is 13.2 Å². The van der Waals surface area contributed by atoms with Gasteiger partial charge >= 0.3 is 6.09 Å². The van der Waals surface area contributed by atoms with Gasteiger partial charge in [0.15, 0.2) is 0 Å². The molecule has 1 fully saturated rings. The Morgan fingerprint density at radius 2 is 1.72 bits per heavy atom. The number of ether oxygens (including phenoxy) is 1. The molecule has 202 valence electrons. The molecule has 1 aliphatic rings. The zero-order valence-corrected chi connectivity index (χ0v) is 22.8. The number of alkyl carbamates (subject to hydrolysis) is 1. The van der Waals surface area contributed by atoms with E-state index in [-0.39, 0.29) is 31.0 Å². The van der Waals surface area contributed by atoms with Crippen molar-refractivity contribution in [3.05, 3.63) is 35.4 Å². The maximum Gasteiger partial charge on any atom is 0.408 e. The largest absolute Gasteiger partial charge is 0.444 e. The van der Waals surface area contributed by atoms with Gasteiger partial charge in [0.25, 0.3) is 0 Å². The highest BCUT2D eigenvalue weighted by molar-refractivity contribution is 5.92. The second kappa shape index (κ2) is 13.6. The minimum atomic E-state index is -0.931. The summed E-state index contributed by atoms with van der Waals surface area (Å²) in [5.74, 6) is -0.910. The molecule has 36 heavy (non-hydrogen) atoms. The molecule has 0 bridgehead atoms. The molecular weight excluding hydrogens is 458 g/mol. The molecule has 0 saturated heterocycles. The van der Waals surface area contributed by atoms with E-state index in [4.69, 9.17) is 4.74 Å². The van der Waals surface area contributed by atoms with Crippen LogP contribution in [0.4, 0.5) is 4.79 Å². The van der Waals surface area contributed by atoms with Crippen LogP contribution < -0.4 is 10.6 Å². The Kier molecular flexibility index (Phi) is 11.2. The summed E-state index contributed by atoms with van der Waals surface area (Å²) in [5, 5.41) is 15.8. The fourth-order valence-corrected chi connectivity index (χ4v) is 4.52. The third kappa shape index (κ3) is 8.80. The van der Waals surface area contributed by atoms with Gasteiger partial charge in [-0.1, -0.05) is 69.4 Å². The molecule has 3 amide bonds. The van der Waals surface area contributed by atoms with Gasteiger partial charge in [0.05, 0.1) is 6.61 Å². The number of aryl methyl sites for hydroxylation is 1. The first-order valence-corrected chi connectivity index (χ1v) is 13.2. The summed E-state index contributed by atoms with van der Waals surface area (Å²) in [4.78, 5) is 41.7. The number of hydrogen-bond acceptors (Lipinski definition) is 5. The lowest BCUT2D eigenvalue weighted by molar-refractivity contribution is -0.144. The lowest BCUT2D eigenvalue weighted by Crippen LogP contribution is -2.56. The molecule has 1 aromatic rings. The molecule has 3 unspecified atom stereocenters. The highest BCUT2D eigenvalue weighted by Gasteiger charge is 2.38. The van der Waals surface area contributed by atoms with Crippen LogP contribution in [0.25, 0.3) is 0 Å². The van der Waals surface area contributed by atoms with Crippen molar-refractivity contribution in [3.63, 3.8) is 0 Å². The Morgan fingerprint density at radius 3 is 2.25 bits per heavy atom. The van der Waals surface area contributed by atoms with Gasteiger partial charge in [-0.25, -0.2) is 4.79 Å². The van der Waals surface area contributed by atoms with Gasteiger partial charge in [0.2, 0.25) is 11.8 Å². The van der Waals surface area contributed by atoms with E-state index in [0.29, 0.717) is 12.0 Å². The number of hydrogen-bond donors (Lipinski definition) is 3. The van der Waals surface area contributed by atoms with Crippen LogP contribution in [-0.4, -0.2) is 58.8 Å². The highest BCUT2D eigenvalue weighted by Crippen LogP contribution is 2.26. The molecule has 3 atom stereocenters. The molecule has 8 nitrogen and oxygen atoms in total. The number of rotatable bonds is 10. The van der Waals surface area contributed by atoms with Crippen LogP contribution in [-0.2, 0) is 14.3 Å². The Bertz CT molecular complexity index is 859. The second-order valence-corrected chi connectivity index (χ2v) is 10.9. The standard InChI is InChI=1S/C28H45N3O5/c1-7-20(3)23(30-27(35)36-28(4,5)6)26(34)31(17-18-32)24(21-15-13-19(2)14-16-21)25(33)29-22-11-9-8-10-12-22/h13-16,20,22-24,32H,7-12,17-18H2,1-6H3,(H,29,33)(H,30,35). The van der Waals surface area contributed by atoms with Gasteiger partial charge in [0.1, 0.15) is 17.7 Å². The first-order chi connectivity index (χ1) is 17.0. The number of nitrogens with zero attached hydrogens (tertiary/aromatic N) is 1. The molecule has 1 aromatic carbocycles. The Balaban J connectivity index is 2.42. The number of benzene rings is 1. The molecular formula is C28H45N3O5. The summed E-state index contributed by atoms with van der Waals surface area (Å²) < 4.78 is 5.41. The summed E-state index contributed by atoms with van der Waals surface area (Å²) in [6.07, 6.45) is 5.05. The minimum absolute atomic E-state index is 0.0433. The fourth-order valence-electron chi connectivity index (χ4n) is 4.52. The van der Waals surface area contributed by atoms with Crippen LogP contribution in [0.3, 0.4) is 0 Å². The van der Waals surface area contributed by atoms with Crippen molar-refractivity contribution in [2.24, 2.45) is 5.92 Å². The van der Waals surface area contributed by atoms with Crippen molar-refractivity contribution in [3.8, 4) is 0 Å². The van der Waals surface area contributed by atoms with Crippen LogP contribution in [0.2, 0.25) is 0 Å². The number of aliphatic hydroxyl groups excluding tert-OH is 1. The normalized spacial score (nSPS) is 17.0. The van der Waals surface area contributed by atoms with Crippen LogP contribution >= 0.6 is 0 Å². The van der Waals surface area contributed by atoms with Crippen molar-refractivity contribution in [1.29, 1.82) is 0 Å².